The Balaban J connectivity index is 4.02. The molecule has 5 heteroatoms. The molecule has 0 aliphatic carbocycles. The van der Waals surface area contributed by atoms with Gasteiger partial charge in [0, 0.05) is 0 Å². The summed E-state index contributed by atoms with van der Waals surface area (Å²) in [6, 6.07) is 0. The average molecular weight is 251 g/mol. The zero-order chi connectivity index (χ0) is 7.98. The summed E-state index contributed by atoms with van der Waals surface area (Å²) in [5.41, 5.74) is 0.602. The topological polar surface area (TPSA) is 38.7 Å². The van der Waals surface area contributed by atoms with Crippen LogP contribution in [-0.2, 0) is 25.5 Å². The molecule has 0 aromatic rings. The van der Waals surface area contributed by atoms with Crippen molar-refractivity contribution in [2.24, 2.45) is 3.68 Å². The van der Waals surface area contributed by atoms with Gasteiger partial charge >= 0.3 is 70.6 Å². The van der Waals surface area contributed by atoms with Crippen LogP contribution in [0.2, 0.25) is 0 Å². The van der Waals surface area contributed by atoms with Crippen molar-refractivity contribution in [3.63, 3.8) is 0 Å². The van der Waals surface area contributed by atoms with Crippen LogP contribution in [0, 0.1) is 0 Å². The van der Waals surface area contributed by atoms with Crippen molar-refractivity contribution in [1.82, 2.24) is 0 Å². The zero-order valence-corrected chi connectivity index (χ0v) is 7.95. The second kappa shape index (κ2) is 5.69. The van der Waals surface area contributed by atoms with Gasteiger partial charge in [0.2, 0.25) is 0 Å². The molecule has 0 atom stereocenters. The van der Waals surface area contributed by atoms with Crippen LogP contribution in [0.4, 0.5) is 0 Å². The molecule has 0 aliphatic rings. The molecule has 0 rings (SSSR count). The molecule has 0 aromatic carbocycles. The van der Waals surface area contributed by atoms with E-state index >= 15 is 0 Å². The summed E-state index contributed by atoms with van der Waals surface area (Å²) >= 11 is -0.353. The van der Waals surface area contributed by atoms with Crippen molar-refractivity contribution in [3.05, 3.63) is 11.8 Å². The van der Waals surface area contributed by atoms with E-state index in [-0.39, 0.29) is 15.9 Å². The molecule has 0 aliphatic heterocycles. The molecular formula is C5H7ClNO2Rh. The Kier molecular flexibility index (Phi) is 5.65. The summed E-state index contributed by atoms with van der Waals surface area (Å²) in [6.07, 6.45) is 1.30. The Hall–Kier alpha value is -0.0766. The first kappa shape index (κ1) is 9.92. The zero-order valence-electron chi connectivity index (χ0n) is 5.55. The van der Waals surface area contributed by atoms with Crippen molar-refractivity contribution in [1.29, 1.82) is 0 Å². The fourth-order valence-corrected chi connectivity index (χ4v) is 1.15. The second-order valence-electron chi connectivity index (χ2n) is 1.44. The van der Waals surface area contributed by atoms with Crippen LogP contribution in [0.5, 0.6) is 0 Å². The minimum atomic E-state index is -0.400. The predicted octanol–water partition coefficient (Wildman–Crippen LogP) is 1.48. The van der Waals surface area contributed by atoms with Crippen molar-refractivity contribution in [2.45, 2.75) is 6.92 Å². The maximum atomic E-state index is 10.5. The fraction of sp³-hybridized carbons (Fsp3) is 0.400. The van der Waals surface area contributed by atoms with Crippen LogP contribution in [0.25, 0.3) is 0 Å². The Bertz CT molecular complexity index is 178. The average Bonchev–Trinajstić information content (AvgIpc) is 1.88. The summed E-state index contributed by atoms with van der Waals surface area (Å²) in [7, 11) is 6.65. The van der Waals surface area contributed by atoms with Gasteiger partial charge in [0.1, 0.15) is 0 Å². The van der Waals surface area contributed by atoms with E-state index < -0.39 is 5.97 Å². The van der Waals surface area contributed by atoms with Gasteiger partial charge in [0.05, 0.1) is 0 Å². The van der Waals surface area contributed by atoms with Gasteiger partial charge in [0.15, 0.2) is 0 Å². The summed E-state index contributed by atoms with van der Waals surface area (Å²) in [4.78, 5) is 10.5. The summed E-state index contributed by atoms with van der Waals surface area (Å²) in [6.45, 7) is 1.70. The Morgan fingerprint density at radius 2 is 2.40 bits per heavy atom. The van der Waals surface area contributed by atoms with E-state index in [4.69, 9.17) is 9.69 Å². The molecule has 0 fully saturated rings. The van der Waals surface area contributed by atoms with Gasteiger partial charge in [-0.1, -0.05) is 0 Å². The molecular weight excluding hydrogens is 244 g/mol. The number of carbonyl (C=O) groups excluding carboxylic acids is 1. The van der Waals surface area contributed by atoms with Crippen LogP contribution in [0.3, 0.4) is 0 Å². The number of nitrogens with zero attached hydrogens (tertiary/aromatic N) is 1. The van der Waals surface area contributed by atoms with Crippen LogP contribution in [0.1, 0.15) is 6.92 Å². The molecule has 0 heterocycles. The van der Waals surface area contributed by atoms with Crippen molar-refractivity contribution in [2.75, 3.05) is 7.11 Å². The fourth-order valence-electron chi connectivity index (χ4n) is 0.295. The molecule has 0 spiro atoms. The van der Waals surface area contributed by atoms with Crippen LogP contribution >= 0.6 is 9.69 Å². The molecule has 0 N–H and O–H groups in total. The summed E-state index contributed by atoms with van der Waals surface area (Å²) in [5, 5.41) is 0. The van der Waals surface area contributed by atoms with E-state index in [1.54, 1.807) is 6.92 Å². The van der Waals surface area contributed by atoms with E-state index in [1.807, 2.05) is 0 Å². The van der Waals surface area contributed by atoms with Gasteiger partial charge in [0.25, 0.3) is 0 Å². The van der Waals surface area contributed by atoms with E-state index in [0.29, 0.717) is 5.70 Å². The van der Waals surface area contributed by atoms with Gasteiger partial charge in [-0.25, -0.2) is 0 Å². The number of carbonyl (C=O) groups is 1. The molecule has 10 heavy (non-hydrogen) atoms. The Morgan fingerprint density at radius 3 is 2.80 bits per heavy atom. The first-order valence-corrected chi connectivity index (χ1v) is 5.24. The van der Waals surface area contributed by atoms with Crippen LogP contribution < -0.4 is 0 Å². The molecule has 0 amide bonds. The van der Waals surface area contributed by atoms with Crippen molar-refractivity contribution in [3.8, 4) is 0 Å². The van der Waals surface area contributed by atoms with E-state index in [1.165, 1.54) is 13.2 Å². The summed E-state index contributed by atoms with van der Waals surface area (Å²) < 4.78 is 8.16. The minimum absolute atomic E-state index is 0.353. The third kappa shape index (κ3) is 4.77. The molecule has 60 valence electrons. The molecule has 0 bridgehead atoms. The third-order valence-electron chi connectivity index (χ3n) is 0.674. The molecule has 0 radical (unpaired) electrons. The molecule has 0 saturated heterocycles. The van der Waals surface area contributed by atoms with Gasteiger partial charge in [-0.05, 0) is 0 Å². The molecule has 0 unspecified atom stereocenters. The quantitative estimate of drug-likeness (QED) is 0.424. The van der Waals surface area contributed by atoms with Crippen LogP contribution in [-0.4, -0.2) is 13.1 Å². The van der Waals surface area contributed by atoms with E-state index in [9.17, 15) is 4.79 Å². The Labute approximate surface area is 70.9 Å². The van der Waals surface area contributed by atoms with Gasteiger partial charge < -0.3 is 0 Å². The van der Waals surface area contributed by atoms with E-state index in [0.717, 1.165) is 0 Å². The first-order chi connectivity index (χ1) is 4.70. The number of esters is 1. The number of hydrogen-bond donors (Lipinski definition) is 0. The first-order valence-electron chi connectivity index (χ1n) is 2.39. The monoisotopic (exact) mass is 251 g/mol. The maximum absolute atomic E-state index is 10.5. The number of halogens is 1. The number of allylic oxidation sites excluding steroid dienone is 1. The molecule has 0 saturated carbocycles. The molecule has 3 nitrogen and oxygen atoms in total. The summed E-state index contributed by atoms with van der Waals surface area (Å²) in [5.74, 6) is -0.400. The number of ether oxygens (including phenoxy) is 1. The van der Waals surface area contributed by atoms with Crippen molar-refractivity contribution >= 4 is 15.7 Å². The number of hydrogen-bond acceptors (Lipinski definition) is 3. The van der Waals surface area contributed by atoms with Crippen molar-refractivity contribution < 1.29 is 25.5 Å². The van der Waals surface area contributed by atoms with Gasteiger partial charge in [-0.15, -0.1) is 0 Å². The SMILES string of the molecule is COC(=O)/C=C(/C)[N]=[Rh][Cl]. The standard InChI is InChI=1S/C5H7NO2.ClH.Rh/c1-4(6)3-5(7)8-2;;/h3H,1-2H3;1H;/q;;+1/p-1/b4-3-;;. The number of rotatable bonds is 2. The van der Waals surface area contributed by atoms with Gasteiger partial charge in [-0.3, -0.25) is 0 Å². The van der Waals surface area contributed by atoms with E-state index in [2.05, 4.69) is 8.42 Å². The Morgan fingerprint density at radius 1 is 1.80 bits per heavy atom. The molecule has 0 aromatic heterocycles. The third-order valence-corrected chi connectivity index (χ3v) is 1.72. The predicted molar refractivity (Wildman–Crippen MR) is 34.1 cm³/mol. The van der Waals surface area contributed by atoms with Gasteiger partial charge in [-0.2, -0.15) is 0 Å². The normalized spacial score (nSPS) is 13.7. The number of methoxy groups -OCH3 is 1. The van der Waals surface area contributed by atoms with Crippen LogP contribution in [0.15, 0.2) is 15.5 Å². The second-order valence-corrected chi connectivity index (χ2v) is 2.75.